The Hall–Kier alpha value is -2.64. The molecule has 0 unspecified atom stereocenters. The van der Waals surface area contributed by atoms with E-state index in [9.17, 15) is 4.79 Å². The van der Waals surface area contributed by atoms with Crippen LogP contribution in [0.5, 0.6) is 0 Å². The molecule has 3 N–H and O–H groups in total. The predicted octanol–water partition coefficient (Wildman–Crippen LogP) is 1.84. The lowest BCUT2D eigenvalue weighted by Gasteiger charge is -2.00. The summed E-state index contributed by atoms with van der Waals surface area (Å²) in [5, 5.41) is 5.71. The summed E-state index contributed by atoms with van der Waals surface area (Å²) < 4.78 is 0. The van der Waals surface area contributed by atoms with Gasteiger partial charge < -0.3 is 11.1 Å². The van der Waals surface area contributed by atoms with Crippen LogP contribution >= 0.6 is 0 Å². The van der Waals surface area contributed by atoms with E-state index in [1.54, 1.807) is 24.3 Å². The molecule has 0 aliphatic heterocycles. The number of rotatable bonds is 2. The van der Waals surface area contributed by atoms with Crippen molar-refractivity contribution in [2.75, 3.05) is 11.9 Å². The van der Waals surface area contributed by atoms with Crippen LogP contribution in [0, 0.1) is 11.8 Å². The number of azide groups is 1. The molecule has 0 bridgehead atoms. The van der Waals surface area contributed by atoms with E-state index in [1.165, 1.54) is 0 Å². The quantitative estimate of drug-likeness (QED) is 0.334. The summed E-state index contributed by atoms with van der Waals surface area (Å²) >= 11 is 0. The summed E-state index contributed by atoms with van der Waals surface area (Å²) in [5.41, 5.74) is 14.3. The number of amides is 2. The third-order valence-corrected chi connectivity index (χ3v) is 1.60. The van der Waals surface area contributed by atoms with E-state index in [4.69, 9.17) is 11.3 Å². The second-order valence-corrected chi connectivity index (χ2v) is 2.76. The van der Waals surface area contributed by atoms with Crippen molar-refractivity contribution >= 4 is 11.7 Å². The first-order valence-corrected chi connectivity index (χ1v) is 4.38. The molecule has 0 aliphatic rings. The number of carbonyl (C=O) groups excluding carboxylic acids is 1. The van der Waals surface area contributed by atoms with Crippen molar-refractivity contribution in [2.24, 2.45) is 10.8 Å². The Labute approximate surface area is 92.1 Å². The van der Waals surface area contributed by atoms with Crippen LogP contribution in [0.15, 0.2) is 29.4 Å². The number of primary amides is 1. The summed E-state index contributed by atoms with van der Waals surface area (Å²) in [4.78, 5) is 13.1. The average molecular weight is 215 g/mol. The molecule has 0 saturated heterocycles. The van der Waals surface area contributed by atoms with Gasteiger partial charge in [-0.2, -0.15) is 0 Å². The SMILES string of the molecule is [N-]=[N+]=NCC#Cc1ccc(NC(N)=O)cc1. The van der Waals surface area contributed by atoms with Crippen LogP contribution in [-0.4, -0.2) is 12.6 Å². The van der Waals surface area contributed by atoms with E-state index in [-0.39, 0.29) is 6.54 Å². The van der Waals surface area contributed by atoms with Crippen LogP contribution in [0.25, 0.3) is 10.4 Å². The standard InChI is InChI=1S/C10H9N5O/c11-10(16)14-9-5-3-8(4-6-9)2-1-7-13-15-12/h3-6H,7H2,(H3,11,14,16). The van der Waals surface area contributed by atoms with Crippen molar-refractivity contribution in [1.29, 1.82) is 0 Å². The van der Waals surface area contributed by atoms with Crippen LogP contribution in [0.4, 0.5) is 10.5 Å². The molecular formula is C10H9N5O. The molecule has 0 fully saturated rings. The first-order valence-electron chi connectivity index (χ1n) is 4.38. The summed E-state index contributed by atoms with van der Waals surface area (Å²) in [6.45, 7) is 0.137. The van der Waals surface area contributed by atoms with Gasteiger partial charge in [0.1, 0.15) is 0 Å². The molecule has 80 valence electrons. The van der Waals surface area contributed by atoms with Crippen LogP contribution in [0.1, 0.15) is 5.56 Å². The van der Waals surface area contributed by atoms with Gasteiger partial charge in [-0.05, 0) is 29.8 Å². The lowest BCUT2D eigenvalue weighted by molar-refractivity contribution is 0.259. The molecular weight excluding hydrogens is 206 g/mol. The zero-order valence-electron chi connectivity index (χ0n) is 8.34. The third kappa shape index (κ3) is 4.05. The average Bonchev–Trinajstić information content (AvgIpc) is 2.26. The molecule has 0 spiro atoms. The first kappa shape index (κ1) is 11.4. The van der Waals surface area contributed by atoms with E-state index >= 15 is 0 Å². The van der Waals surface area contributed by atoms with E-state index in [1.807, 2.05) is 0 Å². The number of hydrogen-bond acceptors (Lipinski definition) is 2. The summed E-state index contributed by atoms with van der Waals surface area (Å²) in [6.07, 6.45) is 0. The summed E-state index contributed by atoms with van der Waals surface area (Å²) in [5.74, 6) is 5.48. The van der Waals surface area contributed by atoms with Gasteiger partial charge in [0.2, 0.25) is 0 Å². The minimum absolute atomic E-state index is 0.137. The number of benzene rings is 1. The smallest absolute Gasteiger partial charge is 0.316 e. The van der Waals surface area contributed by atoms with Crippen LogP contribution in [-0.2, 0) is 0 Å². The second kappa shape index (κ2) is 5.96. The predicted molar refractivity (Wildman–Crippen MR) is 60.5 cm³/mol. The topological polar surface area (TPSA) is 104 Å². The highest BCUT2D eigenvalue weighted by Gasteiger charge is 1.94. The molecule has 1 rings (SSSR count). The van der Waals surface area contributed by atoms with Crippen LogP contribution < -0.4 is 11.1 Å². The highest BCUT2D eigenvalue weighted by Crippen LogP contribution is 2.07. The Morgan fingerprint density at radius 2 is 2.19 bits per heavy atom. The molecule has 2 amide bonds. The molecule has 0 saturated carbocycles. The molecule has 0 radical (unpaired) electrons. The van der Waals surface area contributed by atoms with Gasteiger partial charge in [-0.15, -0.1) is 0 Å². The summed E-state index contributed by atoms with van der Waals surface area (Å²) in [7, 11) is 0. The van der Waals surface area contributed by atoms with E-state index in [0.29, 0.717) is 5.69 Å². The molecule has 0 heterocycles. The highest BCUT2D eigenvalue weighted by atomic mass is 16.2. The van der Waals surface area contributed by atoms with Crippen LogP contribution in [0.2, 0.25) is 0 Å². The van der Waals surface area contributed by atoms with Gasteiger partial charge in [-0.3, -0.25) is 0 Å². The summed E-state index contributed by atoms with van der Waals surface area (Å²) in [6, 6.07) is 6.22. The van der Waals surface area contributed by atoms with Crippen molar-refractivity contribution in [3.8, 4) is 11.8 Å². The maximum atomic E-state index is 10.5. The molecule has 6 nitrogen and oxygen atoms in total. The zero-order chi connectivity index (χ0) is 11.8. The van der Waals surface area contributed by atoms with Gasteiger partial charge >= 0.3 is 6.03 Å². The van der Waals surface area contributed by atoms with Gasteiger partial charge in [0.25, 0.3) is 0 Å². The molecule has 0 aromatic heterocycles. The van der Waals surface area contributed by atoms with Gasteiger partial charge in [-0.1, -0.05) is 17.0 Å². The van der Waals surface area contributed by atoms with Crippen molar-refractivity contribution in [3.63, 3.8) is 0 Å². The van der Waals surface area contributed by atoms with Gasteiger partial charge in [0.05, 0.1) is 6.54 Å². The number of nitrogens with two attached hydrogens (primary N) is 1. The van der Waals surface area contributed by atoms with Gasteiger partial charge in [-0.25, -0.2) is 4.79 Å². The molecule has 1 aromatic rings. The van der Waals surface area contributed by atoms with Crippen molar-refractivity contribution in [3.05, 3.63) is 40.3 Å². The van der Waals surface area contributed by atoms with Gasteiger partial charge in [0.15, 0.2) is 0 Å². The number of nitrogens with one attached hydrogen (secondary N) is 1. The van der Waals surface area contributed by atoms with Crippen molar-refractivity contribution in [1.82, 2.24) is 0 Å². The highest BCUT2D eigenvalue weighted by molar-refractivity contribution is 5.87. The number of urea groups is 1. The minimum atomic E-state index is -0.609. The molecule has 6 heteroatoms. The number of nitrogens with zero attached hydrogens (tertiary/aromatic N) is 3. The van der Waals surface area contributed by atoms with E-state index in [2.05, 4.69) is 27.2 Å². The Morgan fingerprint density at radius 1 is 1.50 bits per heavy atom. The monoisotopic (exact) mass is 215 g/mol. The fourth-order valence-corrected chi connectivity index (χ4v) is 0.988. The van der Waals surface area contributed by atoms with Crippen molar-refractivity contribution < 1.29 is 4.79 Å². The maximum absolute atomic E-state index is 10.5. The normalized spacial score (nSPS) is 8.25. The lowest BCUT2D eigenvalue weighted by Crippen LogP contribution is -2.19. The number of anilines is 1. The largest absolute Gasteiger partial charge is 0.351 e. The van der Waals surface area contributed by atoms with E-state index < -0.39 is 6.03 Å². The van der Waals surface area contributed by atoms with E-state index in [0.717, 1.165) is 5.56 Å². The number of carbonyl (C=O) groups is 1. The lowest BCUT2D eigenvalue weighted by atomic mass is 10.2. The Kier molecular flexibility index (Phi) is 4.26. The van der Waals surface area contributed by atoms with Crippen LogP contribution in [0.3, 0.4) is 0 Å². The van der Waals surface area contributed by atoms with Crippen molar-refractivity contribution in [2.45, 2.75) is 0 Å². The zero-order valence-corrected chi connectivity index (χ0v) is 8.34. The molecule has 0 atom stereocenters. The molecule has 1 aromatic carbocycles. The fraction of sp³-hybridized carbons (Fsp3) is 0.100. The minimum Gasteiger partial charge on any atom is -0.351 e. The Balaban J connectivity index is 2.66. The molecule has 16 heavy (non-hydrogen) atoms. The second-order valence-electron chi connectivity index (χ2n) is 2.76. The molecule has 0 aliphatic carbocycles. The number of hydrogen-bond donors (Lipinski definition) is 2. The first-order chi connectivity index (χ1) is 7.72. The van der Waals surface area contributed by atoms with Gasteiger partial charge in [0, 0.05) is 16.2 Å². The third-order valence-electron chi connectivity index (χ3n) is 1.60. The fourth-order valence-electron chi connectivity index (χ4n) is 0.988. The Morgan fingerprint density at radius 3 is 2.75 bits per heavy atom. The Bertz CT molecular complexity index is 476. The maximum Gasteiger partial charge on any atom is 0.316 e.